The average molecular weight is 549 g/mol. The van der Waals surface area contributed by atoms with Crippen molar-refractivity contribution in [3.63, 3.8) is 0 Å². The van der Waals surface area contributed by atoms with Gasteiger partial charge in [-0.05, 0) is 72.6 Å². The molecule has 0 aliphatic carbocycles. The lowest BCUT2D eigenvalue weighted by molar-refractivity contribution is -0.123. The van der Waals surface area contributed by atoms with Crippen LogP contribution in [0.1, 0.15) is 34.7 Å². The minimum atomic E-state index is -0.554. The van der Waals surface area contributed by atoms with Crippen LogP contribution >= 0.6 is 11.8 Å². The van der Waals surface area contributed by atoms with Gasteiger partial charge in [-0.2, -0.15) is 0 Å². The lowest BCUT2D eigenvalue weighted by Gasteiger charge is -2.19. The number of furan rings is 1. The largest absolute Gasteiger partial charge is 0.493 e. The van der Waals surface area contributed by atoms with Crippen molar-refractivity contribution in [2.24, 2.45) is 4.99 Å². The van der Waals surface area contributed by atoms with Crippen molar-refractivity contribution in [3.8, 4) is 11.5 Å². The van der Waals surface area contributed by atoms with Crippen molar-refractivity contribution in [1.29, 1.82) is 0 Å². The fourth-order valence-electron chi connectivity index (χ4n) is 4.22. The average Bonchev–Trinajstić information content (AvgIpc) is 3.71. The molecule has 1 aromatic heterocycles. The van der Waals surface area contributed by atoms with Crippen LogP contribution in [0.5, 0.6) is 11.5 Å². The predicted molar refractivity (Wildman–Crippen MR) is 147 cm³/mol. The Bertz CT molecular complexity index is 1390. The fraction of sp³-hybridized carbons (Fsp3) is 0.276. The van der Waals surface area contributed by atoms with Gasteiger partial charge in [0.2, 0.25) is 5.76 Å². The molecule has 1 unspecified atom stereocenters. The van der Waals surface area contributed by atoms with Crippen LogP contribution in [0.3, 0.4) is 0 Å². The first-order chi connectivity index (χ1) is 19.0. The Morgan fingerprint density at radius 3 is 2.72 bits per heavy atom. The molecule has 2 fully saturated rings. The first-order valence-corrected chi connectivity index (χ1v) is 13.3. The second-order valence-corrected chi connectivity index (χ2v) is 9.86. The zero-order valence-electron chi connectivity index (χ0n) is 21.6. The summed E-state index contributed by atoms with van der Waals surface area (Å²) in [4.78, 5) is 32.1. The summed E-state index contributed by atoms with van der Waals surface area (Å²) in [5, 5.41) is 0.629. The van der Waals surface area contributed by atoms with Crippen LogP contribution in [0.4, 0.5) is 5.69 Å². The minimum absolute atomic E-state index is 0.00394. The summed E-state index contributed by atoms with van der Waals surface area (Å²) in [5.74, 6) is 0.896. The van der Waals surface area contributed by atoms with Crippen molar-refractivity contribution in [1.82, 2.24) is 4.90 Å². The van der Waals surface area contributed by atoms with Gasteiger partial charge in [0.05, 0.1) is 37.5 Å². The van der Waals surface area contributed by atoms with Crippen molar-refractivity contribution < 1.29 is 33.0 Å². The van der Waals surface area contributed by atoms with Gasteiger partial charge < -0.3 is 23.4 Å². The molecule has 3 heterocycles. The summed E-state index contributed by atoms with van der Waals surface area (Å²) in [6.07, 6.45) is 3.75. The summed E-state index contributed by atoms with van der Waals surface area (Å²) < 4.78 is 27.3. The zero-order valence-corrected chi connectivity index (χ0v) is 22.4. The molecule has 2 aromatic carbocycles. The van der Waals surface area contributed by atoms with E-state index in [-0.39, 0.29) is 24.4 Å². The number of hydrogen-bond donors (Lipinski definition) is 0. The van der Waals surface area contributed by atoms with Gasteiger partial charge >= 0.3 is 5.97 Å². The molecule has 9 nitrogen and oxygen atoms in total. The second kappa shape index (κ2) is 12.2. The molecule has 0 spiro atoms. The van der Waals surface area contributed by atoms with Crippen molar-refractivity contribution in [3.05, 3.63) is 82.7 Å². The van der Waals surface area contributed by atoms with Crippen LogP contribution in [-0.4, -0.2) is 55.4 Å². The molecule has 2 saturated heterocycles. The zero-order chi connectivity index (χ0) is 27.2. The number of ether oxygens (including phenoxy) is 4. The van der Waals surface area contributed by atoms with E-state index in [1.807, 2.05) is 42.5 Å². The number of methoxy groups -OCH3 is 2. The highest BCUT2D eigenvalue weighted by atomic mass is 32.2. The Hall–Kier alpha value is -4.02. The van der Waals surface area contributed by atoms with Crippen LogP contribution in [0, 0.1) is 0 Å². The monoisotopic (exact) mass is 548 g/mol. The highest BCUT2D eigenvalue weighted by molar-refractivity contribution is 8.18. The lowest BCUT2D eigenvalue weighted by Crippen LogP contribution is -2.36. The molecule has 0 radical (unpaired) electrons. The topological polar surface area (TPSA) is 99.8 Å². The number of benzene rings is 2. The van der Waals surface area contributed by atoms with Crippen molar-refractivity contribution >= 4 is 40.6 Å². The summed E-state index contributed by atoms with van der Waals surface area (Å²) in [6.45, 7) is 1.28. The highest BCUT2D eigenvalue weighted by Crippen LogP contribution is 2.36. The van der Waals surface area contributed by atoms with Gasteiger partial charge in [-0.3, -0.25) is 9.69 Å². The van der Waals surface area contributed by atoms with Gasteiger partial charge in [-0.15, -0.1) is 0 Å². The van der Waals surface area contributed by atoms with Gasteiger partial charge in [0.1, 0.15) is 12.4 Å². The number of nitrogens with zero attached hydrogens (tertiary/aromatic N) is 2. The second-order valence-electron chi connectivity index (χ2n) is 8.85. The van der Waals surface area contributed by atoms with Gasteiger partial charge in [0.25, 0.3) is 5.91 Å². The van der Waals surface area contributed by atoms with Crippen LogP contribution in [-0.2, 0) is 20.9 Å². The highest BCUT2D eigenvalue weighted by Gasteiger charge is 2.36. The van der Waals surface area contributed by atoms with Crippen LogP contribution in [0.15, 0.2) is 75.0 Å². The molecule has 2 aliphatic rings. The molecule has 0 bridgehead atoms. The minimum Gasteiger partial charge on any atom is -0.493 e. The number of thioether (sulfide) groups is 1. The SMILES string of the molecule is COC(=O)c1ccc(COc2ccc(/C=C3/SC(=Nc4ccccc4)N(CC4CCCO4)C3=O)cc2OC)o1. The standard InChI is InChI=1S/C29H28N2O7S/c1-34-25-15-19(10-12-23(25)37-18-22-11-13-24(38-22)28(33)35-2)16-26-27(32)31(17-21-9-6-14-36-21)29(39-26)30-20-7-4-3-5-8-20/h3-5,7-8,10-13,15-16,21H,6,9,14,17-18H2,1-2H3/b26-16+,30-29?. The molecule has 0 saturated carbocycles. The first kappa shape index (κ1) is 26.6. The molecular weight excluding hydrogens is 520 g/mol. The molecule has 2 aliphatic heterocycles. The Kier molecular flexibility index (Phi) is 8.33. The van der Waals surface area contributed by atoms with Gasteiger partial charge in [-0.1, -0.05) is 24.3 Å². The van der Waals surface area contributed by atoms with E-state index in [0.29, 0.717) is 40.5 Å². The molecule has 10 heteroatoms. The van der Waals surface area contributed by atoms with Crippen molar-refractivity contribution in [2.75, 3.05) is 27.4 Å². The number of hydrogen-bond acceptors (Lipinski definition) is 9. The molecule has 202 valence electrons. The van der Waals surface area contributed by atoms with E-state index in [0.717, 1.165) is 24.1 Å². The van der Waals surface area contributed by atoms with E-state index in [1.165, 1.54) is 24.9 Å². The number of amides is 1. The maximum Gasteiger partial charge on any atom is 0.373 e. The molecule has 0 N–H and O–H groups in total. The van der Waals surface area contributed by atoms with E-state index in [4.69, 9.17) is 23.6 Å². The summed E-state index contributed by atoms with van der Waals surface area (Å²) in [7, 11) is 2.84. The van der Waals surface area contributed by atoms with Crippen LogP contribution in [0.2, 0.25) is 0 Å². The third-order valence-electron chi connectivity index (χ3n) is 6.18. The summed E-state index contributed by atoms with van der Waals surface area (Å²) >= 11 is 1.34. The summed E-state index contributed by atoms with van der Waals surface area (Å²) in [6, 6.07) is 18.2. The third-order valence-corrected chi connectivity index (χ3v) is 7.19. The number of amidine groups is 1. The molecule has 39 heavy (non-hydrogen) atoms. The molecular formula is C29H28N2O7S. The fourth-order valence-corrected chi connectivity index (χ4v) is 5.22. The van der Waals surface area contributed by atoms with Gasteiger partial charge in [0, 0.05) is 6.61 Å². The first-order valence-electron chi connectivity index (χ1n) is 12.5. The molecule has 5 rings (SSSR count). The lowest BCUT2D eigenvalue weighted by atomic mass is 10.1. The summed E-state index contributed by atoms with van der Waals surface area (Å²) in [5.41, 5.74) is 1.56. The Morgan fingerprint density at radius 2 is 1.97 bits per heavy atom. The Labute approximate surface area is 230 Å². The van der Waals surface area contributed by atoms with E-state index >= 15 is 0 Å². The number of aliphatic imine (C=N–C) groups is 1. The van der Waals surface area contributed by atoms with Gasteiger partial charge in [0.15, 0.2) is 16.7 Å². The Morgan fingerprint density at radius 1 is 1.13 bits per heavy atom. The smallest absolute Gasteiger partial charge is 0.373 e. The quantitative estimate of drug-likeness (QED) is 0.258. The number of para-hydroxylation sites is 1. The van der Waals surface area contributed by atoms with E-state index in [1.54, 1.807) is 30.2 Å². The molecule has 3 aromatic rings. The molecule has 1 amide bonds. The third kappa shape index (κ3) is 6.35. The molecule has 1 atom stereocenters. The van der Waals surface area contributed by atoms with E-state index < -0.39 is 5.97 Å². The number of carbonyl (C=O) groups is 2. The van der Waals surface area contributed by atoms with Crippen molar-refractivity contribution in [2.45, 2.75) is 25.6 Å². The predicted octanol–water partition coefficient (Wildman–Crippen LogP) is 5.44. The normalized spacial score (nSPS) is 19.2. The van der Waals surface area contributed by atoms with Crippen LogP contribution < -0.4 is 9.47 Å². The maximum absolute atomic E-state index is 13.5. The number of rotatable bonds is 9. The Balaban J connectivity index is 1.34. The maximum atomic E-state index is 13.5. The van der Waals surface area contributed by atoms with E-state index in [2.05, 4.69) is 4.74 Å². The number of carbonyl (C=O) groups excluding carboxylic acids is 2. The van der Waals surface area contributed by atoms with E-state index in [9.17, 15) is 9.59 Å². The van der Waals surface area contributed by atoms with Crippen LogP contribution in [0.25, 0.3) is 6.08 Å². The van der Waals surface area contributed by atoms with Gasteiger partial charge in [-0.25, -0.2) is 9.79 Å². The number of esters is 1.